The molecule has 136 valence electrons. The Morgan fingerprint density at radius 3 is 2.88 bits per heavy atom. The van der Waals surface area contributed by atoms with Crippen molar-refractivity contribution in [2.75, 3.05) is 20.1 Å². The van der Waals surface area contributed by atoms with E-state index >= 15 is 0 Å². The Bertz CT molecular complexity index is 673. The van der Waals surface area contributed by atoms with Crippen LogP contribution in [0.1, 0.15) is 30.9 Å². The van der Waals surface area contributed by atoms with E-state index in [0.717, 1.165) is 6.42 Å². The van der Waals surface area contributed by atoms with Crippen LogP contribution in [0.25, 0.3) is 0 Å². The number of guanidine groups is 1. The normalized spacial score (nSPS) is 17.5. The van der Waals surface area contributed by atoms with Crippen molar-refractivity contribution in [3.05, 3.63) is 35.1 Å². The molecule has 1 aromatic carbocycles. The summed E-state index contributed by atoms with van der Waals surface area (Å²) >= 11 is 0. The minimum absolute atomic E-state index is 0. The Morgan fingerprint density at radius 1 is 1.52 bits per heavy atom. The highest BCUT2D eigenvalue weighted by Gasteiger charge is 2.23. The fourth-order valence-electron chi connectivity index (χ4n) is 2.55. The number of nitriles is 1. The second-order valence-electron chi connectivity index (χ2n) is 5.77. The summed E-state index contributed by atoms with van der Waals surface area (Å²) in [4.78, 5) is 17.6. The number of nitrogens with one attached hydrogen (secondary N) is 2. The summed E-state index contributed by atoms with van der Waals surface area (Å²) in [6, 6.07) is 6.40. The molecule has 1 aromatic rings. The largest absolute Gasteiger partial charge is 0.357 e. The fraction of sp³-hybridized carbons (Fsp3) is 0.471. The minimum atomic E-state index is -0.434. The van der Waals surface area contributed by atoms with Gasteiger partial charge in [0, 0.05) is 38.2 Å². The minimum Gasteiger partial charge on any atom is -0.357 e. The van der Waals surface area contributed by atoms with Gasteiger partial charge in [-0.3, -0.25) is 4.79 Å². The van der Waals surface area contributed by atoms with Gasteiger partial charge in [0.25, 0.3) is 0 Å². The summed E-state index contributed by atoms with van der Waals surface area (Å²) in [6.07, 6.45) is 1.26. The standard InChI is InChI=1S/C17H22FN5O.HI/c1-3-20-17(22-14-6-7-16(24)23(2)11-14)21-10-13-5-4-12(9-19)8-15(13)18;/h4-5,8,14H,3,6-7,10-11H2,1-2H3,(H2,20,21,22);1H. The van der Waals surface area contributed by atoms with Gasteiger partial charge < -0.3 is 15.5 Å². The lowest BCUT2D eigenvalue weighted by atomic mass is 10.1. The third-order valence-electron chi connectivity index (χ3n) is 3.90. The van der Waals surface area contributed by atoms with Crippen LogP contribution < -0.4 is 10.6 Å². The number of benzene rings is 1. The number of likely N-dealkylation sites (tertiary alicyclic amines) is 1. The lowest BCUT2D eigenvalue weighted by Crippen LogP contribution is -2.51. The molecule has 2 N–H and O–H groups in total. The number of amides is 1. The Kier molecular flexibility index (Phi) is 8.61. The van der Waals surface area contributed by atoms with Crippen molar-refractivity contribution in [1.82, 2.24) is 15.5 Å². The summed E-state index contributed by atoms with van der Waals surface area (Å²) in [5, 5.41) is 15.2. The molecule has 0 bridgehead atoms. The van der Waals surface area contributed by atoms with Crippen molar-refractivity contribution >= 4 is 35.8 Å². The van der Waals surface area contributed by atoms with Crippen LogP contribution in [0.4, 0.5) is 4.39 Å². The quantitative estimate of drug-likeness (QED) is 0.410. The number of carbonyl (C=O) groups excluding carboxylic acids is 1. The molecule has 25 heavy (non-hydrogen) atoms. The summed E-state index contributed by atoms with van der Waals surface area (Å²) in [7, 11) is 1.78. The zero-order chi connectivity index (χ0) is 17.5. The van der Waals surface area contributed by atoms with Crippen molar-refractivity contribution in [3.63, 3.8) is 0 Å². The van der Waals surface area contributed by atoms with Gasteiger partial charge in [-0.1, -0.05) is 6.07 Å². The van der Waals surface area contributed by atoms with Crippen molar-refractivity contribution in [3.8, 4) is 6.07 Å². The first kappa shape index (κ1) is 21.2. The first-order valence-electron chi connectivity index (χ1n) is 8.00. The molecule has 1 atom stereocenters. The van der Waals surface area contributed by atoms with Crippen LogP contribution in [0, 0.1) is 17.1 Å². The number of hydrogen-bond donors (Lipinski definition) is 2. The first-order chi connectivity index (χ1) is 11.5. The second-order valence-corrected chi connectivity index (χ2v) is 5.77. The lowest BCUT2D eigenvalue weighted by molar-refractivity contribution is -0.132. The van der Waals surface area contributed by atoms with Gasteiger partial charge in [0.15, 0.2) is 5.96 Å². The SMILES string of the molecule is CCNC(=NCc1ccc(C#N)cc1F)NC1CCC(=O)N(C)C1.I. The molecular weight excluding hydrogens is 436 g/mol. The number of hydrogen-bond acceptors (Lipinski definition) is 3. The van der Waals surface area contributed by atoms with Crippen LogP contribution in [-0.4, -0.2) is 42.9 Å². The average Bonchev–Trinajstić information content (AvgIpc) is 2.57. The van der Waals surface area contributed by atoms with Gasteiger partial charge in [-0.2, -0.15) is 5.26 Å². The van der Waals surface area contributed by atoms with Crippen molar-refractivity contribution in [1.29, 1.82) is 5.26 Å². The summed E-state index contributed by atoms with van der Waals surface area (Å²) < 4.78 is 13.9. The molecule has 0 spiro atoms. The van der Waals surface area contributed by atoms with Gasteiger partial charge in [0.2, 0.25) is 5.91 Å². The van der Waals surface area contributed by atoms with E-state index in [2.05, 4.69) is 15.6 Å². The van der Waals surface area contributed by atoms with E-state index in [0.29, 0.717) is 36.6 Å². The van der Waals surface area contributed by atoms with E-state index in [9.17, 15) is 9.18 Å². The highest BCUT2D eigenvalue weighted by atomic mass is 127. The van der Waals surface area contributed by atoms with E-state index in [1.165, 1.54) is 6.07 Å². The molecule has 0 saturated carbocycles. The van der Waals surface area contributed by atoms with Crippen LogP contribution in [0.15, 0.2) is 23.2 Å². The van der Waals surface area contributed by atoms with Crippen LogP contribution in [-0.2, 0) is 11.3 Å². The van der Waals surface area contributed by atoms with Gasteiger partial charge in [-0.05, 0) is 25.5 Å². The van der Waals surface area contributed by atoms with Crippen molar-refractivity contribution < 1.29 is 9.18 Å². The Balaban J connectivity index is 0.00000312. The van der Waals surface area contributed by atoms with Crippen LogP contribution in [0.5, 0.6) is 0 Å². The molecule has 1 unspecified atom stereocenters. The predicted octanol–water partition coefficient (Wildman–Crippen LogP) is 1.99. The second kappa shape index (κ2) is 10.2. The van der Waals surface area contributed by atoms with E-state index < -0.39 is 5.82 Å². The molecule has 1 heterocycles. The summed E-state index contributed by atoms with van der Waals surface area (Å²) in [6.45, 7) is 3.43. The zero-order valence-corrected chi connectivity index (χ0v) is 16.7. The number of nitrogens with zero attached hydrogens (tertiary/aromatic N) is 3. The van der Waals surface area contributed by atoms with Gasteiger partial charge in [-0.25, -0.2) is 9.38 Å². The third kappa shape index (κ3) is 6.16. The maximum absolute atomic E-state index is 13.9. The van der Waals surface area contributed by atoms with E-state index in [-0.39, 0.29) is 42.5 Å². The fourth-order valence-corrected chi connectivity index (χ4v) is 2.55. The molecule has 0 aromatic heterocycles. The summed E-state index contributed by atoms with van der Waals surface area (Å²) in [5.74, 6) is 0.306. The molecule has 2 rings (SSSR count). The molecule has 1 saturated heterocycles. The maximum atomic E-state index is 13.9. The molecule has 0 aliphatic carbocycles. The Morgan fingerprint density at radius 2 is 2.28 bits per heavy atom. The maximum Gasteiger partial charge on any atom is 0.222 e. The van der Waals surface area contributed by atoms with Crippen molar-refractivity contribution in [2.45, 2.75) is 32.4 Å². The number of carbonyl (C=O) groups is 1. The van der Waals surface area contributed by atoms with Gasteiger partial charge >= 0.3 is 0 Å². The molecule has 1 fully saturated rings. The third-order valence-corrected chi connectivity index (χ3v) is 3.90. The molecular formula is C17H23FIN5O. The number of piperidine rings is 1. The van der Waals surface area contributed by atoms with E-state index in [1.807, 2.05) is 13.0 Å². The van der Waals surface area contributed by atoms with Crippen LogP contribution >= 0.6 is 24.0 Å². The first-order valence-corrected chi connectivity index (χ1v) is 8.00. The molecule has 8 heteroatoms. The number of aliphatic imine (C=N–C) groups is 1. The smallest absolute Gasteiger partial charge is 0.222 e. The average molecular weight is 459 g/mol. The highest BCUT2D eigenvalue weighted by molar-refractivity contribution is 14.0. The lowest BCUT2D eigenvalue weighted by Gasteiger charge is -2.31. The number of likely N-dealkylation sites (N-methyl/N-ethyl adjacent to an activating group) is 1. The molecule has 1 aliphatic heterocycles. The molecule has 0 radical (unpaired) electrons. The van der Waals surface area contributed by atoms with Gasteiger partial charge in [0.05, 0.1) is 18.2 Å². The highest BCUT2D eigenvalue weighted by Crippen LogP contribution is 2.12. The summed E-state index contributed by atoms with van der Waals surface area (Å²) in [5.41, 5.74) is 0.724. The molecule has 1 amide bonds. The van der Waals surface area contributed by atoms with Crippen LogP contribution in [0.2, 0.25) is 0 Å². The Labute approximate surface area is 164 Å². The predicted molar refractivity (Wildman–Crippen MR) is 105 cm³/mol. The van der Waals surface area contributed by atoms with E-state index in [4.69, 9.17) is 5.26 Å². The van der Waals surface area contributed by atoms with Gasteiger partial charge in [0.1, 0.15) is 5.82 Å². The zero-order valence-electron chi connectivity index (χ0n) is 14.4. The number of halogens is 2. The monoisotopic (exact) mass is 459 g/mol. The van der Waals surface area contributed by atoms with E-state index in [1.54, 1.807) is 24.1 Å². The van der Waals surface area contributed by atoms with Crippen LogP contribution in [0.3, 0.4) is 0 Å². The molecule has 6 nitrogen and oxygen atoms in total. The Hall–Kier alpha value is -1.89. The molecule has 1 aliphatic rings. The van der Waals surface area contributed by atoms with Gasteiger partial charge in [-0.15, -0.1) is 24.0 Å². The van der Waals surface area contributed by atoms with Crippen molar-refractivity contribution in [2.24, 2.45) is 4.99 Å². The number of rotatable bonds is 4. The topological polar surface area (TPSA) is 80.5 Å².